The van der Waals surface area contributed by atoms with Gasteiger partial charge in [-0.2, -0.15) is 0 Å². The van der Waals surface area contributed by atoms with E-state index in [1.807, 2.05) is 49.4 Å². The van der Waals surface area contributed by atoms with Crippen LogP contribution in [0.1, 0.15) is 54.0 Å². The molecule has 2 aromatic carbocycles. The number of rotatable bonds is 6. The number of carbonyl (C=O) groups excluding carboxylic acids is 2. The Morgan fingerprint density at radius 3 is 2.17 bits per heavy atom. The highest BCUT2D eigenvalue weighted by Gasteiger charge is 2.43. The van der Waals surface area contributed by atoms with Crippen LogP contribution in [0.4, 0.5) is 0 Å². The van der Waals surface area contributed by atoms with Gasteiger partial charge >= 0.3 is 11.9 Å². The fourth-order valence-corrected chi connectivity index (χ4v) is 3.99. The van der Waals surface area contributed by atoms with Crippen molar-refractivity contribution in [1.29, 1.82) is 0 Å². The molecular formula is C25H28O5. The summed E-state index contributed by atoms with van der Waals surface area (Å²) in [7, 11) is 1.36. The van der Waals surface area contributed by atoms with Crippen LogP contribution in [-0.4, -0.2) is 25.7 Å². The van der Waals surface area contributed by atoms with Crippen LogP contribution in [0.25, 0.3) is 0 Å². The van der Waals surface area contributed by atoms with Crippen molar-refractivity contribution in [2.75, 3.05) is 13.7 Å². The van der Waals surface area contributed by atoms with Crippen LogP contribution in [-0.2, 0) is 19.0 Å². The molecule has 1 aliphatic rings. The molecule has 0 radical (unpaired) electrons. The molecule has 30 heavy (non-hydrogen) atoms. The average molecular weight is 408 g/mol. The fourth-order valence-electron chi connectivity index (χ4n) is 3.99. The maximum Gasteiger partial charge on any atom is 0.337 e. The Hall–Kier alpha value is -2.92. The molecule has 1 aliphatic heterocycles. The maximum atomic E-state index is 12.8. The first kappa shape index (κ1) is 21.8. The number of methoxy groups -OCH3 is 1. The van der Waals surface area contributed by atoms with Gasteiger partial charge in [0.05, 0.1) is 37.4 Å². The summed E-state index contributed by atoms with van der Waals surface area (Å²) in [6.07, 6.45) is -0.131. The standard InChI is InChI=1S/C25H28O5/c1-5-29-25(27)21-15-20(16(2)3)22(30-23(21)17-9-7-6-8-10-17)18-11-13-19(14-12-18)24(26)28-4/h6-14,20-23H,2,5,15H2,1,3-4H3/t20-,21-,22-,23+/m1/s1. The van der Waals surface area contributed by atoms with E-state index in [0.717, 1.165) is 16.7 Å². The van der Waals surface area contributed by atoms with E-state index in [2.05, 4.69) is 6.58 Å². The van der Waals surface area contributed by atoms with Gasteiger partial charge in [-0.3, -0.25) is 4.79 Å². The summed E-state index contributed by atoms with van der Waals surface area (Å²) in [5.41, 5.74) is 3.29. The third kappa shape index (κ3) is 4.62. The van der Waals surface area contributed by atoms with Crippen molar-refractivity contribution in [3.63, 3.8) is 0 Å². The quantitative estimate of drug-likeness (QED) is 0.495. The molecular weight excluding hydrogens is 380 g/mol. The molecule has 1 saturated heterocycles. The van der Waals surface area contributed by atoms with Gasteiger partial charge in [0.25, 0.3) is 0 Å². The molecule has 0 amide bonds. The zero-order valence-electron chi connectivity index (χ0n) is 17.7. The Balaban J connectivity index is 1.97. The predicted molar refractivity (Wildman–Crippen MR) is 114 cm³/mol. The summed E-state index contributed by atoms with van der Waals surface area (Å²) in [6.45, 7) is 8.23. The van der Waals surface area contributed by atoms with Gasteiger partial charge in [0.2, 0.25) is 0 Å². The van der Waals surface area contributed by atoms with Gasteiger partial charge in [-0.1, -0.05) is 54.6 Å². The Bertz CT molecular complexity index is 888. The van der Waals surface area contributed by atoms with Crippen LogP contribution < -0.4 is 0 Å². The smallest absolute Gasteiger partial charge is 0.337 e. The van der Waals surface area contributed by atoms with E-state index < -0.39 is 12.0 Å². The first-order chi connectivity index (χ1) is 14.5. The Morgan fingerprint density at radius 1 is 1.00 bits per heavy atom. The van der Waals surface area contributed by atoms with E-state index in [1.54, 1.807) is 19.1 Å². The summed E-state index contributed by atoms with van der Waals surface area (Å²) in [6, 6.07) is 17.0. The lowest BCUT2D eigenvalue weighted by molar-refractivity contribution is -0.169. The molecule has 2 aromatic rings. The van der Waals surface area contributed by atoms with E-state index >= 15 is 0 Å². The zero-order chi connectivity index (χ0) is 21.7. The minimum atomic E-state index is -0.425. The van der Waals surface area contributed by atoms with Gasteiger partial charge in [-0.25, -0.2) is 4.79 Å². The molecule has 3 rings (SSSR count). The highest BCUT2D eigenvalue weighted by atomic mass is 16.5. The maximum absolute atomic E-state index is 12.8. The lowest BCUT2D eigenvalue weighted by Gasteiger charge is -2.41. The van der Waals surface area contributed by atoms with Crippen molar-refractivity contribution in [1.82, 2.24) is 0 Å². The predicted octanol–water partition coefficient (Wildman–Crippen LogP) is 5.05. The largest absolute Gasteiger partial charge is 0.466 e. The summed E-state index contributed by atoms with van der Waals surface area (Å²) in [5.74, 6) is -1.10. The molecule has 0 aliphatic carbocycles. The number of hydrogen-bond donors (Lipinski definition) is 0. The molecule has 1 heterocycles. The van der Waals surface area contributed by atoms with Crippen molar-refractivity contribution < 1.29 is 23.8 Å². The minimum absolute atomic E-state index is 0.0525. The molecule has 5 nitrogen and oxygen atoms in total. The monoisotopic (exact) mass is 408 g/mol. The summed E-state index contributed by atoms with van der Waals surface area (Å²) >= 11 is 0. The van der Waals surface area contributed by atoms with Gasteiger partial charge in [0.15, 0.2) is 0 Å². The van der Waals surface area contributed by atoms with E-state index in [1.165, 1.54) is 7.11 Å². The lowest BCUT2D eigenvalue weighted by atomic mass is 9.76. The SMILES string of the molecule is C=C(C)[C@H]1C[C@@H](C(=O)OCC)[C@H](c2ccccc2)O[C@@H]1c1ccc(C(=O)OC)cc1. The van der Waals surface area contributed by atoms with Crippen molar-refractivity contribution in [3.05, 3.63) is 83.4 Å². The number of hydrogen-bond acceptors (Lipinski definition) is 5. The Kier molecular flexibility index (Phi) is 7.06. The third-order valence-electron chi connectivity index (χ3n) is 5.54. The average Bonchev–Trinajstić information content (AvgIpc) is 2.78. The van der Waals surface area contributed by atoms with E-state index in [0.29, 0.717) is 18.6 Å². The first-order valence-corrected chi connectivity index (χ1v) is 10.2. The van der Waals surface area contributed by atoms with E-state index in [9.17, 15) is 9.59 Å². The number of carbonyl (C=O) groups is 2. The molecule has 0 saturated carbocycles. The molecule has 0 bridgehead atoms. The van der Waals surface area contributed by atoms with Crippen molar-refractivity contribution in [2.45, 2.75) is 32.5 Å². The van der Waals surface area contributed by atoms with Crippen LogP contribution in [0.2, 0.25) is 0 Å². The van der Waals surface area contributed by atoms with Crippen LogP contribution >= 0.6 is 0 Å². The molecule has 0 N–H and O–H groups in total. The van der Waals surface area contributed by atoms with Crippen LogP contribution in [0, 0.1) is 11.8 Å². The fraction of sp³-hybridized carbons (Fsp3) is 0.360. The van der Waals surface area contributed by atoms with Crippen molar-refractivity contribution >= 4 is 11.9 Å². The van der Waals surface area contributed by atoms with Gasteiger partial charge in [0.1, 0.15) is 0 Å². The topological polar surface area (TPSA) is 61.8 Å². The summed E-state index contributed by atoms with van der Waals surface area (Å²) in [5, 5.41) is 0. The third-order valence-corrected chi connectivity index (χ3v) is 5.54. The molecule has 0 unspecified atom stereocenters. The Morgan fingerprint density at radius 2 is 1.60 bits per heavy atom. The minimum Gasteiger partial charge on any atom is -0.466 e. The van der Waals surface area contributed by atoms with Gasteiger partial charge in [0, 0.05) is 5.92 Å². The van der Waals surface area contributed by atoms with E-state index in [-0.39, 0.29) is 24.0 Å². The summed E-state index contributed by atoms with van der Waals surface area (Å²) in [4.78, 5) is 24.5. The molecule has 1 fully saturated rings. The number of esters is 2. The molecule has 4 atom stereocenters. The van der Waals surface area contributed by atoms with Crippen LogP contribution in [0.3, 0.4) is 0 Å². The summed E-state index contributed by atoms with van der Waals surface area (Å²) < 4.78 is 16.7. The highest BCUT2D eigenvalue weighted by molar-refractivity contribution is 5.89. The van der Waals surface area contributed by atoms with E-state index in [4.69, 9.17) is 14.2 Å². The first-order valence-electron chi connectivity index (χ1n) is 10.2. The van der Waals surface area contributed by atoms with Crippen LogP contribution in [0.15, 0.2) is 66.7 Å². The Labute approximate surface area is 177 Å². The second-order valence-corrected chi connectivity index (χ2v) is 7.55. The van der Waals surface area contributed by atoms with Gasteiger partial charge in [-0.15, -0.1) is 0 Å². The molecule has 158 valence electrons. The molecule has 0 spiro atoms. The normalized spacial score (nSPS) is 23.4. The number of ether oxygens (including phenoxy) is 3. The van der Waals surface area contributed by atoms with Gasteiger partial charge < -0.3 is 14.2 Å². The van der Waals surface area contributed by atoms with Crippen molar-refractivity contribution in [3.8, 4) is 0 Å². The molecule has 0 aromatic heterocycles. The molecule has 5 heteroatoms. The zero-order valence-corrected chi connectivity index (χ0v) is 17.7. The number of benzene rings is 2. The second-order valence-electron chi connectivity index (χ2n) is 7.55. The lowest BCUT2D eigenvalue weighted by Crippen LogP contribution is -2.37. The van der Waals surface area contributed by atoms with Crippen LogP contribution in [0.5, 0.6) is 0 Å². The highest BCUT2D eigenvalue weighted by Crippen LogP contribution is 2.48. The second kappa shape index (κ2) is 9.72. The van der Waals surface area contributed by atoms with Crippen molar-refractivity contribution in [2.24, 2.45) is 11.8 Å². The van der Waals surface area contributed by atoms with Gasteiger partial charge in [-0.05, 0) is 43.5 Å².